The van der Waals surface area contributed by atoms with Crippen LogP contribution in [-0.2, 0) is 5.67 Å². The minimum absolute atomic E-state index is 0.355. The maximum absolute atomic E-state index is 14.8. The van der Waals surface area contributed by atoms with E-state index in [1.54, 1.807) is 48.5 Å². The molecular weight excluding hydrogens is 218 g/mol. The van der Waals surface area contributed by atoms with Gasteiger partial charge in [0.25, 0.3) is 0 Å². The third-order valence-electron chi connectivity index (χ3n) is 2.89. The second-order valence-corrected chi connectivity index (χ2v) is 4.17. The monoisotopic (exact) mass is 232 g/mol. The molecule has 0 fully saturated rings. The highest BCUT2D eigenvalue weighted by atomic mass is 19.2. The minimum Gasteiger partial charge on any atom is -0.247 e. The molecule has 0 radical (unpaired) electrons. The Labute approximate surface area is 99.9 Å². The van der Waals surface area contributed by atoms with E-state index in [0.717, 1.165) is 5.56 Å². The van der Waals surface area contributed by atoms with Crippen LogP contribution in [0.2, 0.25) is 0 Å². The lowest BCUT2D eigenvalue weighted by Crippen LogP contribution is -2.24. The van der Waals surface area contributed by atoms with Crippen molar-refractivity contribution in [2.24, 2.45) is 0 Å². The molecular formula is C15H14F2. The predicted molar refractivity (Wildman–Crippen MR) is 65.5 cm³/mol. The van der Waals surface area contributed by atoms with Gasteiger partial charge >= 0.3 is 0 Å². The van der Waals surface area contributed by atoms with Crippen molar-refractivity contribution in [2.75, 3.05) is 6.67 Å². The molecule has 0 saturated heterocycles. The smallest absolute Gasteiger partial charge is 0.189 e. The van der Waals surface area contributed by atoms with E-state index in [1.807, 2.05) is 13.0 Å². The SMILES string of the molecule is Cc1cccc(C(F)(CF)c2ccccc2)c1. The Morgan fingerprint density at radius 3 is 2.18 bits per heavy atom. The molecule has 2 heteroatoms. The molecule has 2 aromatic carbocycles. The van der Waals surface area contributed by atoms with Gasteiger partial charge in [-0.3, -0.25) is 0 Å². The summed E-state index contributed by atoms with van der Waals surface area (Å²) in [5.41, 5.74) is -0.402. The van der Waals surface area contributed by atoms with E-state index in [9.17, 15) is 8.78 Å². The Morgan fingerprint density at radius 2 is 1.59 bits per heavy atom. The number of benzene rings is 2. The molecule has 2 rings (SSSR count). The Balaban J connectivity index is 2.52. The van der Waals surface area contributed by atoms with Crippen molar-refractivity contribution in [3.63, 3.8) is 0 Å². The first kappa shape index (κ1) is 11.8. The lowest BCUT2D eigenvalue weighted by molar-refractivity contribution is 0.167. The molecule has 0 N–H and O–H groups in total. The number of hydrogen-bond donors (Lipinski definition) is 0. The molecule has 0 aliphatic rings. The predicted octanol–water partition coefficient (Wildman–Crippen LogP) is 4.18. The fraction of sp³-hybridized carbons (Fsp3) is 0.200. The first-order valence-corrected chi connectivity index (χ1v) is 5.54. The van der Waals surface area contributed by atoms with Crippen molar-refractivity contribution < 1.29 is 8.78 Å². The van der Waals surface area contributed by atoms with Crippen LogP contribution in [0.25, 0.3) is 0 Å². The Bertz CT molecular complexity index is 493. The highest BCUT2D eigenvalue weighted by Gasteiger charge is 2.34. The highest BCUT2D eigenvalue weighted by molar-refractivity contribution is 5.38. The first-order chi connectivity index (χ1) is 8.16. The molecule has 1 atom stereocenters. The topological polar surface area (TPSA) is 0 Å². The molecule has 0 heterocycles. The average molecular weight is 232 g/mol. The molecule has 0 aromatic heterocycles. The van der Waals surface area contributed by atoms with Crippen molar-refractivity contribution in [1.29, 1.82) is 0 Å². The summed E-state index contributed by atoms with van der Waals surface area (Å²) in [5.74, 6) is 0. The van der Waals surface area contributed by atoms with Gasteiger partial charge in [-0.15, -0.1) is 0 Å². The van der Waals surface area contributed by atoms with Crippen LogP contribution in [0.1, 0.15) is 16.7 Å². The van der Waals surface area contributed by atoms with Gasteiger partial charge in [0, 0.05) is 0 Å². The lowest BCUT2D eigenvalue weighted by Gasteiger charge is -2.23. The van der Waals surface area contributed by atoms with Gasteiger partial charge < -0.3 is 0 Å². The van der Waals surface area contributed by atoms with Crippen molar-refractivity contribution in [3.05, 3.63) is 71.3 Å². The first-order valence-electron chi connectivity index (χ1n) is 5.54. The zero-order valence-electron chi connectivity index (χ0n) is 9.66. The van der Waals surface area contributed by atoms with Gasteiger partial charge in [0.15, 0.2) is 5.67 Å². The summed E-state index contributed by atoms with van der Waals surface area (Å²) in [6, 6.07) is 15.4. The van der Waals surface area contributed by atoms with Crippen molar-refractivity contribution >= 4 is 0 Å². The fourth-order valence-electron chi connectivity index (χ4n) is 1.91. The second kappa shape index (κ2) is 4.66. The molecule has 0 amide bonds. The third-order valence-corrected chi connectivity index (χ3v) is 2.89. The Morgan fingerprint density at radius 1 is 0.941 bits per heavy atom. The molecule has 0 aliphatic heterocycles. The van der Waals surface area contributed by atoms with Crippen LogP contribution >= 0.6 is 0 Å². The van der Waals surface area contributed by atoms with Gasteiger partial charge in [-0.1, -0.05) is 60.2 Å². The van der Waals surface area contributed by atoms with Crippen LogP contribution in [0.5, 0.6) is 0 Å². The quantitative estimate of drug-likeness (QED) is 0.744. The lowest BCUT2D eigenvalue weighted by atomic mass is 9.88. The summed E-state index contributed by atoms with van der Waals surface area (Å²) in [6.45, 7) is 0.813. The Hall–Kier alpha value is -1.70. The number of halogens is 2. The van der Waals surface area contributed by atoms with E-state index >= 15 is 0 Å². The molecule has 0 spiro atoms. The van der Waals surface area contributed by atoms with Gasteiger partial charge in [0.1, 0.15) is 6.67 Å². The van der Waals surface area contributed by atoms with Crippen LogP contribution < -0.4 is 0 Å². The molecule has 0 bridgehead atoms. The van der Waals surface area contributed by atoms with Crippen LogP contribution in [0.15, 0.2) is 54.6 Å². The molecule has 0 saturated carbocycles. The van der Waals surface area contributed by atoms with E-state index in [4.69, 9.17) is 0 Å². The third kappa shape index (κ3) is 2.21. The van der Waals surface area contributed by atoms with Gasteiger partial charge in [0.05, 0.1) is 0 Å². The largest absolute Gasteiger partial charge is 0.247 e. The molecule has 0 nitrogen and oxygen atoms in total. The molecule has 88 valence electrons. The van der Waals surface area contributed by atoms with E-state index < -0.39 is 12.3 Å². The summed E-state index contributed by atoms with van der Waals surface area (Å²) >= 11 is 0. The van der Waals surface area contributed by atoms with Gasteiger partial charge in [-0.05, 0) is 18.1 Å². The van der Waals surface area contributed by atoms with Crippen LogP contribution in [0, 0.1) is 6.92 Å². The molecule has 17 heavy (non-hydrogen) atoms. The van der Waals surface area contributed by atoms with Crippen molar-refractivity contribution in [2.45, 2.75) is 12.6 Å². The zero-order valence-corrected chi connectivity index (χ0v) is 9.66. The number of alkyl halides is 2. The van der Waals surface area contributed by atoms with Gasteiger partial charge in [-0.2, -0.15) is 0 Å². The summed E-state index contributed by atoms with van der Waals surface area (Å²) in [4.78, 5) is 0. The maximum Gasteiger partial charge on any atom is 0.189 e. The normalized spacial score (nSPS) is 14.3. The highest BCUT2D eigenvalue weighted by Crippen LogP contribution is 2.34. The van der Waals surface area contributed by atoms with E-state index in [-0.39, 0.29) is 0 Å². The molecule has 1 unspecified atom stereocenters. The summed E-state index contributed by atoms with van der Waals surface area (Å²) in [5, 5.41) is 0. The Kier molecular flexibility index (Phi) is 3.23. The van der Waals surface area contributed by atoms with Gasteiger partial charge in [-0.25, -0.2) is 8.78 Å². The van der Waals surface area contributed by atoms with E-state index in [1.165, 1.54) is 0 Å². The summed E-state index contributed by atoms with van der Waals surface area (Å²) in [6.07, 6.45) is 0. The van der Waals surface area contributed by atoms with Crippen molar-refractivity contribution in [3.8, 4) is 0 Å². The minimum atomic E-state index is -2.05. The van der Waals surface area contributed by atoms with Crippen LogP contribution in [0.4, 0.5) is 8.78 Å². The van der Waals surface area contributed by atoms with Crippen LogP contribution in [-0.4, -0.2) is 6.67 Å². The van der Waals surface area contributed by atoms with E-state index in [2.05, 4.69) is 0 Å². The average Bonchev–Trinajstić information content (AvgIpc) is 2.39. The summed E-state index contributed by atoms with van der Waals surface area (Å²) < 4.78 is 28.0. The molecule has 2 aromatic rings. The van der Waals surface area contributed by atoms with Gasteiger partial charge in [0.2, 0.25) is 0 Å². The fourth-order valence-corrected chi connectivity index (χ4v) is 1.91. The standard InChI is InChI=1S/C15H14F2/c1-12-6-5-9-14(10-12)15(17,11-16)13-7-3-2-4-8-13/h2-10H,11H2,1H3. The molecule has 0 aliphatic carbocycles. The van der Waals surface area contributed by atoms with E-state index in [0.29, 0.717) is 11.1 Å². The summed E-state index contributed by atoms with van der Waals surface area (Å²) in [7, 11) is 0. The van der Waals surface area contributed by atoms with Crippen LogP contribution in [0.3, 0.4) is 0 Å². The number of aryl methyl sites for hydroxylation is 1. The zero-order chi connectivity index (χ0) is 12.3. The second-order valence-electron chi connectivity index (χ2n) is 4.17. The number of rotatable bonds is 3. The van der Waals surface area contributed by atoms with Crippen molar-refractivity contribution in [1.82, 2.24) is 0 Å². The maximum atomic E-state index is 14.8. The number of hydrogen-bond acceptors (Lipinski definition) is 0.